The van der Waals surface area contributed by atoms with Gasteiger partial charge in [-0.15, -0.1) is 0 Å². The zero-order chi connectivity index (χ0) is 22.1. The number of amides is 1. The highest BCUT2D eigenvalue weighted by atomic mass is 19.1. The summed E-state index contributed by atoms with van der Waals surface area (Å²) in [5.74, 6) is -2.89. The number of halogens is 1. The van der Waals surface area contributed by atoms with Crippen molar-refractivity contribution >= 4 is 18.0 Å². The molecule has 2 N–H and O–H groups in total. The number of nitrogens with one attached hydrogen (secondary N) is 1. The Morgan fingerprint density at radius 1 is 1.07 bits per heavy atom. The molecular formula is C22H24FNO6. The van der Waals surface area contributed by atoms with Gasteiger partial charge in [-0.05, 0) is 35.2 Å². The summed E-state index contributed by atoms with van der Waals surface area (Å²) in [6.07, 6.45) is -1.68. The first-order valence-electron chi connectivity index (χ1n) is 9.50. The second kappa shape index (κ2) is 10.9. The van der Waals surface area contributed by atoms with Gasteiger partial charge in [-0.25, -0.2) is 9.18 Å². The van der Waals surface area contributed by atoms with Gasteiger partial charge >= 0.3 is 18.0 Å². The van der Waals surface area contributed by atoms with Gasteiger partial charge in [0.05, 0.1) is 5.92 Å². The Hall–Kier alpha value is -3.42. The van der Waals surface area contributed by atoms with E-state index in [9.17, 15) is 23.9 Å². The number of benzene rings is 2. The lowest BCUT2D eigenvalue weighted by molar-refractivity contribution is -0.164. The van der Waals surface area contributed by atoms with Crippen molar-refractivity contribution in [1.29, 1.82) is 0 Å². The Balaban J connectivity index is 2.03. The van der Waals surface area contributed by atoms with Crippen molar-refractivity contribution in [2.45, 2.75) is 33.0 Å². The lowest BCUT2D eigenvalue weighted by Gasteiger charge is -2.18. The first-order valence-corrected chi connectivity index (χ1v) is 9.50. The molecule has 0 aliphatic heterocycles. The minimum Gasteiger partial charge on any atom is -0.481 e. The standard InChI is InChI=1S/C22H24FNO6/c1-3-20(25)29-14(2)30-22(28)24-13-17(21(26)27)12-16-6-4-5-7-19(16)15-8-10-18(23)11-9-15/h4-11,14,17H,3,12-13H2,1-2H3,(H,24,28)(H,26,27)/t14-,17+/m1/s1. The Morgan fingerprint density at radius 2 is 1.73 bits per heavy atom. The topological polar surface area (TPSA) is 102 Å². The molecule has 0 heterocycles. The molecule has 1 amide bonds. The SMILES string of the molecule is CCC(=O)O[C@@H](C)OC(=O)NC[C@H](Cc1ccccc1-c1ccc(F)cc1)C(=O)O. The van der Waals surface area contributed by atoms with E-state index in [4.69, 9.17) is 9.47 Å². The van der Waals surface area contributed by atoms with Gasteiger partial charge in [0, 0.05) is 19.9 Å². The molecule has 0 aromatic heterocycles. The quantitative estimate of drug-likeness (QED) is 0.476. The molecule has 2 atom stereocenters. The summed E-state index contributed by atoms with van der Waals surface area (Å²) in [6.45, 7) is 2.82. The van der Waals surface area contributed by atoms with Crippen LogP contribution in [0.5, 0.6) is 0 Å². The molecule has 2 aromatic carbocycles. The number of carboxylic acids is 1. The molecule has 2 rings (SSSR count). The fourth-order valence-electron chi connectivity index (χ4n) is 2.81. The normalized spacial score (nSPS) is 12.5. The van der Waals surface area contributed by atoms with Crippen LogP contribution in [-0.2, 0) is 25.5 Å². The fourth-order valence-corrected chi connectivity index (χ4v) is 2.81. The van der Waals surface area contributed by atoms with Crippen molar-refractivity contribution in [1.82, 2.24) is 5.32 Å². The zero-order valence-electron chi connectivity index (χ0n) is 16.8. The molecule has 0 spiro atoms. The van der Waals surface area contributed by atoms with E-state index in [0.29, 0.717) is 0 Å². The van der Waals surface area contributed by atoms with Crippen LogP contribution in [0.2, 0.25) is 0 Å². The number of rotatable bonds is 9. The number of alkyl carbamates (subject to hydrolysis) is 1. The van der Waals surface area contributed by atoms with Crippen LogP contribution in [-0.4, -0.2) is 36.0 Å². The van der Waals surface area contributed by atoms with Gasteiger partial charge in [0.2, 0.25) is 6.29 Å². The first-order chi connectivity index (χ1) is 14.3. The Morgan fingerprint density at radius 3 is 2.37 bits per heavy atom. The van der Waals surface area contributed by atoms with Gasteiger partial charge in [-0.1, -0.05) is 43.3 Å². The van der Waals surface area contributed by atoms with Crippen molar-refractivity contribution < 1.29 is 33.4 Å². The maximum atomic E-state index is 13.2. The molecule has 0 saturated carbocycles. The number of carbonyl (C=O) groups excluding carboxylic acids is 2. The van der Waals surface area contributed by atoms with E-state index < -0.39 is 30.2 Å². The van der Waals surface area contributed by atoms with Crippen LogP contribution in [0.1, 0.15) is 25.8 Å². The molecule has 7 nitrogen and oxygen atoms in total. The van der Waals surface area contributed by atoms with Crippen molar-refractivity contribution in [3.05, 3.63) is 59.9 Å². The summed E-state index contributed by atoms with van der Waals surface area (Å²) < 4.78 is 22.9. The van der Waals surface area contributed by atoms with Gasteiger partial charge < -0.3 is 19.9 Å². The molecule has 8 heteroatoms. The third-order valence-electron chi connectivity index (χ3n) is 4.34. The number of aliphatic carboxylic acids is 1. The molecule has 0 radical (unpaired) electrons. The molecule has 0 aliphatic rings. The molecule has 0 fully saturated rings. The second-order valence-corrected chi connectivity index (χ2v) is 6.60. The number of hydrogen-bond donors (Lipinski definition) is 2. The number of hydrogen-bond acceptors (Lipinski definition) is 5. The van der Waals surface area contributed by atoms with E-state index in [1.807, 2.05) is 12.1 Å². The molecule has 30 heavy (non-hydrogen) atoms. The van der Waals surface area contributed by atoms with Gasteiger partial charge in [-0.3, -0.25) is 9.59 Å². The van der Waals surface area contributed by atoms with E-state index in [1.54, 1.807) is 31.2 Å². The van der Waals surface area contributed by atoms with Crippen LogP contribution in [0.15, 0.2) is 48.5 Å². The third kappa shape index (κ3) is 6.88. The molecule has 2 aromatic rings. The summed E-state index contributed by atoms with van der Waals surface area (Å²) in [4.78, 5) is 34.8. The van der Waals surface area contributed by atoms with Crippen LogP contribution in [0.4, 0.5) is 9.18 Å². The van der Waals surface area contributed by atoms with Crippen molar-refractivity contribution in [3.63, 3.8) is 0 Å². The molecule has 160 valence electrons. The zero-order valence-corrected chi connectivity index (χ0v) is 16.8. The van der Waals surface area contributed by atoms with Crippen LogP contribution in [0.25, 0.3) is 11.1 Å². The van der Waals surface area contributed by atoms with Gasteiger partial charge in [0.25, 0.3) is 0 Å². The number of carboxylic acid groups (broad SMARTS) is 1. The molecule has 0 bridgehead atoms. The summed E-state index contributed by atoms with van der Waals surface area (Å²) in [7, 11) is 0. The minimum atomic E-state index is -1.09. The van der Waals surface area contributed by atoms with E-state index >= 15 is 0 Å². The molecule has 0 saturated heterocycles. The highest BCUT2D eigenvalue weighted by Gasteiger charge is 2.22. The number of ether oxygens (including phenoxy) is 2. The molecule has 0 unspecified atom stereocenters. The summed E-state index contributed by atoms with van der Waals surface area (Å²) in [6, 6.07) is 13.1. The van der Waals surface area contributed by atoms with E-state index in [2.05, 4.69) is 5.32 Å². The van der Waals surface area contributed by atoms with Gasteiger partial charge in [0.15, 0.2) is 0 Å². The van der Waals surface area contributed by atoms with Gasteiger partial charge in [0.1, 0.15) is 5.82 Å². The summed E-state index contributed by atoms with van der Waals surface area (Å²) in [5.41, 5.74) is 2.29. The van der Waals surface area contributed by atoms with Crippen molar-refractivity contribution in [2.24, 2.45) is 5.92 Å². The van der Waals surface area contributed by atoms with Crippen LogP contribution in [0, 0.1) is 11.7 Å². The van der Waals surface area contributed by atoms with Gasteiger partial charge in [-0.2, -0.15) is 0 Å². The smallest absolute Gasteiger partial charge is 0.410 e. The maximum Gasteiger partial charge on any atom is 0.410 e. The predicted molar refractivity (Wildman–Crippen MR) is 107 cm³/mol. The fraction of sp³-hybridized carbons (Fsp3) is 0.318. The van der Waals surface area contributed by atoms with Crippen LogP contribution < -0.4 is 5.32 Å². The van der Waals surface area contributed by atoms with E-state index in [0.717, 1.165) is 16.7 Å². The highest BCUT2D eigenvalue weighted by molar-refractivity contribution is 5.74. The predicted octanol–water partition coefficient (Wildman–Crippen LogP) is 3.76. The minimum absolute atomic E-state index is 0.142. The molecule has 0 aliphatic carbocycles. The largest absolute Gasteiger partial charge is 0.481 e. The molecular weight excluding hydrogens is 393 g/mol. The first kappa shape index (κ1) is 22.9. The monoisotopic (exact) mass is 417 g/mol. The Kier molecular flexibility index (Phi) is 8.34. The third-order valence-corrected chi connectivity index (χ3v) is 4.34. The summed E-state index contributed by atoms with van der Waals surface area (Å²) in [5, 5.41) is 12.0. The van der Waals surface area contributed by atoms with Crippen molar-refractivity contribution in [3.8, 4) is 11.1 Å². The average molecular weight is 417 g/mol. The lowest BCUT2D eigenvalue weighted by Crippen LogP contribution is -2.36. The maximum absolute atomic E-state index is 13.2. The average Bonchev–Trinajstić information content (AvgIpc) is 2.71. The Labute approximate surface area is 173 Å². The summed E-state index contributed by atoms with van der Waals surface area (Å²) >= 11 is 0. The van der Waals surface area contributed by atoms with Crippen molar-refractivity contribution in [2.75, 3.05) is 6.54 Å². The lowest BCUT2D eigenvalue weighted by atomic mass is 9.92. The van der Waals surface area contributed by atoms with E-state index in [1.165, 1.54) is 19.1 Å². The van der Waals surface area contributed by atoms with Crippen LogP contribution >= 0.6 is 0 Å². The number of esters is 1. The highest BCUT2D eigenvalue weighted by Crippen LogP contribution is 2.26. The van der Waals surface area contributed by atoms with Crippen LogP contribution in [0.3, 0.4) is 0 Å². The van der Waals surface area contributed by atoms with E-state index in [-0.39, 0.29) is 25.2 Å². The number of carbonyl (C=O) groups is 3. The second-order valence-electron chi connectivity index (χ2n) is 6.60. The Bertz CT molecular complexity index is 883.